The van der Waals surface area contributed by atoms with Gasteiger partial charge in [-0.15, -0.1) is 0 Å². The summed E-state index contributed by atoms with van der Waals surface area (Å²) < 4.78 is 1.39. The topological polar surface area (TPSA) is 73.2 Å². The van der Waals surface area contributed by atoms with Crippen LogP contribution in [0.1, 0.15) is 84.1 Å². The molecule has 0 bridgehead atoms. The van der Waals surface area contributed by atoms with E-state index in [1.54, 1.807) is 30.3 Å². The van der Waals surface area contributed by atoms with Crippen LogP contribution in [0.2, 0.25) is 0 Å². The first kappa shape index (κ1) is 24.1. The van der Waals surface area contributed by atoms with Gasteiger partial charge in [0.25, 0.3) is 11.1 Å². The van der Waals surface area contributed by atoms with Gasteiger partial charge in [0.1, 0.15) is 0 Å². The zero-order valence-electron chi connectivity index (χ0n) is 20.2. The van der Waals surface area contributed by atoms with Crippen molar-refractivity contribution in [1.82, 2.24) is 4.57 Å². The highest BCUT2D eigenvalue weighted by Crippen LogP contribution is 2.25. The van der Waals surface area contributed by atoms with E-state index < -0.39 is 5.56 Å². The molecular formula is C29H33NO4. The molecule has 0 amide bonds. The predicted molar refractivity (Wildman–Crippen MR) is 141 cm³/mol. The summed E-state index contributed by atoms with van der Waals surface area (Å²) in [6.45, 7) is 4.32. The molecule has 34 heavy (non-hydrogen) atoms. The number of hydrogen-bond acceptors (Lipinski definition) is 4. The predicted octanol–water partition coefficient (Wildman–Crippen LogP) is 5.75. The Morgan fingerprint density at radius 3 is 1.74 bits per heavy atom. The fourth-order valence-electron chi connectivity index (χ4n) is 5.28. The number of benzene rings is 3. The second-order valence-electron chi connectivity index (χ2n) is 9.45. The molecule has 5 nitrogen and oxygen atoms in total. The van der Waals surface area contributed by atoms with Crippen molar-refractivity contribution in [2.75, 3.05) is 0 Å². The van der Waals surface area contributed by atoms with Gasteiger partial charge in [0.2, 0.25) is 0 Å². The Hall–Kier alpha value is -3.08. The van der Waals surface area contributed by atoms with Crippen molar-refractivity contribution in [3.8, 4) is 0 Å². The highest BCUT2D eigenvalue weighted by molar-refractivity contribution is 6.11. The molecule has 4 aromatic rings. The molecule has 5 heteroatoms. The molecule has 1 aromatic heterocycles. The van der Waals surface area contributed by atoms with Crippen LogP contribution in [0.5, 0.6) is 0 Å². The normalized spacial score (nSPS) is 12.0. The zero-order valence-corrected chi connectivity index (χ0v) is 20.2. The van der Waals surface area contributed by atoms with Gasteiger partial charge < -0.3 is 0 Å². The van der Waals surface area contributed by atoms with E-state index in [4.69, 9.17) is 0 Å². The highest BCUT2D eigenvalue weighted by atomic mass is 16.2. The summed E-state index contributed by atoms with van der Waals surface area (Å²) in [6, 6.07) is 9.59. The van der Waals surface area contributed by atoms with Crippen molar-refractivity contribution in [3.63, 3.8) is 0 Å². The van der Waals surface area contributed by atoms with Crippen LogP contribution in [0.4, 0.5) is 0 Å². The molecule has 0 atom stereocenters. The van der Waals surface area contributed by atoms with E-state index in [9.17, 15) is 19.2 Å². The number of unbranched alkanes of at least 4 members (excludes halogenated alkanes) is 6. The molecular weight excluding hydrogens is 426 g/mol. The molecule has 1 heterocycles. The Morgan fingerprint density at radius 2 is 1.15 bits per heavy atom. The number of aromatic nitrogens is 1. The zero-order chi connectivity index (χ0) is 24.2. The van der Waals surface area contributed by atoms with Gasteiger partial charge >= 0.3 is 0 Å². The van der Waals surface area contributed by atoms with E-state index >= 15 is 0 Å². The fraction of sp³-hybridized carbons (Fsp3) is 0.448. The minimum absolute atomic E-state index is 0.0952. The van der Waals surface area contributed by atoms with E-state index in [1.165, 1.54) is 10.6 Å². The van der Waals surface area contributed by atoms with Crippen LogP contribution in [0.15, 0.2) is 55.6 Å². The van der Waals surface area contributed by atoms with Crippen LogP contribution in [-0.2, 0) is 0 Å². The molecule has 0 aliphatic carbocycles. The maximum atomic E-state index is 13.7. The average Bonchev–Trinajstić information content (AvgIpc) is 3.11. The van der Waals surface area contributed by atoms with Crippen LogP contribution in [-0.4, -0.2) is 4.57 Å². The Bertz CT molecular complexity index is 1510. The number of rotatable bonds is 11. The first-order chi connectivity index (χ1) is 16.5. The molecule has 178 valence electrons. The SMILES string of the molecule is CCCCCCC(CCCCCC)n1c(=O)c2ccc3c(=O)c4ccccc4c(=O)c3c2c1=O. The number of nitrogens with zero attached hydrogens (tertiary/aromatic N) is 1. The molecule has 0 aliphatic rings. The summed E-state index contributed by atoms with van der Waals surface area (Å²) in [6.07, 6.45) is 10.1. The Kier molecular flexibility index (Phi) is 7.40. The Balaban J connectivity index is 1.90. The van der Waals surface area contributed by atoms with Gasteiger partial charge in [-0.25, -0.2) is 0 Å². The third kappa shape index (κ3) is 4.24. The van der Waals surface area contributed by atoms with Crippen LogP contribution in [0.25, 0.3) is 32.3 Å². The first-order valence-corrected chi connectivity index (χ1v) is 12.7. The summed E-state index contributed by atoms with van der Waals surface area (Å²) >= 11 is 0. The standard InChI is InChI=1S/C29H33NO4/c1-3-5-7-9-13-19(14-10-8-6-4-2)30-28(33)23-18-17-22-24(25(23)29(30)34)27(32)21-16-12-11-15-20(21)26(22)31/h11-12,15-19H,3-10,13-14H2,1-2H3. The molecule has 0 saturated heterocycles. The van der Waals surface area contributed by atoms with Gasteiger partial charge in [-0.1, -0.05) is 89.5 Å². The van der Waals surface area contributed by atoms with E-state index in [-0.39, 0.29) is 44.0 Å². The van der Waals surface area contributed by atoms with Crippen LogP contribution in [0, 0.1) is 0 Å². The molecule has 0 saturated carbocycles. The van der Waals surface area contributed by atoms with Gasteiger partial charge in [0.05, 0.1) is 10.8 Å². The number of fused-ring (bicyclic) bond motifs is 4. The molecule has 4 rings (SSSR count). The summed E-state index contributed by atoms with van der Waals surface area (Å²) in [5.41, 5.74) is -1.39. The largest absolute Gasteiger partial charge is 0.289 e. The van der Waals surface area contributed by atoms with Crippen LogP contribution in [0.3, 0.4) is 0 Å². The lowest BCUT2D eigenvalue weighted by atomic mass is 9.99. The molecule has 0 radical (unpaired) electrons. The van der Waals surface area contributed by atoms with E-state index in [1.807, 2.05) is 0 Å². The fourth-order valence-corrected chi connectivity index (χ4v) is 5.28. The summed E-state index contributed by atoms with van der Waals surface area (Å²) in [7, 11) is 0. The lowest BCUT2D eigenvalue weighted by molar-refractivity contribution is 0.386. The van der Waals surface area contributed by atoms with Crippen molar-refractivity contribution in [2.45, 2.75) is 84.1 Å². The average molecular weight is 460 g/mol. The van der Waals surface area contributed by atoms with Crippen LogP contribution < -0.4 is 22.0 Å². The smallest absolute Gasteiger partial charge is 0.262 e. The van der Waals surface area contributed by atoms with Gasteiger partial charge in [-0.3, -0.25) is 23.7 Å². The molecule has 0 fully saturated rings. The minimum atomic E-state index is -0.423. The summed E-state index contributed by atoms with van der Waals surface area (Å²) in [5, 5.41) is 1.31. The number of hydrogen-bond donors (Lipinski definition) is 0. The monoisotopic (exact) mass is 459 g/mol. The summed E-state index contributed by atoms with van der Waals surface area (Å²) in [5.74, 6) is 0. The third-order valence-corrected chi connectivity index (χ3v) is 7.12. The first-order valence-electron chi connectivity index (χ1n) is 12.7. The molecule has 0 N–H and O–H groups in total. The van der Waals surface area contributed by atoms with Crippen molar-refractivity contribution >= 4 is 32.3 Å². The van der Waals surface area contributed by atoms with E-state index in [2.05, 4.69) is 13.8 Å². The van der Waals surface area contributed by atoms with E-state index in [0.717, 1.165) is 64.2 Å². The Labute approximate surface area is 198 Å². The highest BCUT2D eigenvalue weighted by Gasteiger charge is 2.24. The lowest BCUT2D eigenvalue weighted by Gasteiger charge is -2.17. The summed E-state index contributed by atoms with van der Waals surface area (Å²) in [4.78, 5) is 53.7. The van der Waals surface area contributed by atoms with Crippen LogP contribution >= 0.6 is 0 Å². The van der Waals surface area contributed by atoms with Crippen molar-refractivity contribution in [2.24, 2.45) is 0 Å². The van der Waals surface area contributed by atoms with Gasteiger partial charge in [0.15, 0.2) is 10.9 Å². The molecule has 3 aromatic carbocycles. The second kappa shape index (κ2) is 10.5. The van der Waals surface area contributed by atoms with E-state index in [0.29, 0.717) is 10.8 Å². The maximum absolute atomic E-state index is 13.7. The van der Waals surface area contributed by atoms with Crippen molar-refractivity contribution in [3.05, 3.63) is 77.6 Å². The minimum Gasteiger partial charge on any atom is -0.289 e. The third-order valence-electron chi connectivity index (χ3n) is 7.12. The van der Waals surface area contributed by atoms with Crippen molar-refractivity contribution < 1.29 is 0 Å². The van der Waals surface area contributed by atoms with Gasteiger partial charge in [-0.05, 0) is 25.0 Å². The van der Waals surface area contributed by atoms with Gasteiger partial charge in [0, 0.05) is 27.6 Å². The molecule has 0 spiro atoms. The van der Waals surface area contributed by atoms with Crippen molar-refractivity contribution in [1.29, 1.82) is 0 Å². The molecule has 0 aliphatic heterocycles. The molecule has 0 unspecified atom stereocenters. The quantitative estimate of drug-likeness (QED) is 0.212. The Morgan fingerprint density at radius 1 is 0.588 bits per heavy atom. The van der Waals surface area contributed by atoms with Gasteiger partial charge in [-0.2, -0.15) is 0 Å². The second-order valence-corrected chi connectivity index (χ2v) is 9.45. The lowest BCUT2D eigenvalue weighted by Crippen LogP contribution is -2.30. The maximum Gasteiger partial charge on any atom is 0.262 e.